The van der Waals surface area contributed by atoms with Crippen molar-refractivity contribution in [1.82, 2.24) is 25.5 Å². The van der Waals surface area contributed by atoms with Crippen LogP contribution in [0.1, 0.15) is 43.7 Å². The predicted molar refractivity (Wildman–Crippen MR) is 81.0 cm³/mol. The van der Waals surface area contributed by atoms with Gasteiger partial charge in [0.1, 0.15) is 0 Å². The van der Waals surface area contributed by atoms with E-state index < -0.39 is 0 Å². The molecule has 0 radical (unpaired) electrons. The maximum absolute atomic E-state index is 5.06. The summed E-state index contributed by atoms with van der Waals surface area (Å²) in [6.07, 6.45) is 0.937. The third-order valence-electron chi connectivity index (χ3n) is 3.53. The highest BCUT2D eigenvalue weighted by Crippen LogP contribution is 2.23. The summed E-state index contributed by atoms with van der Waals surface area (Å²) in [6.45, 7) is 5.65. The highest BCUT2D eigenvalue weighted by molar-refractivity contribution is 5.20. The quantitative estimate of drug-likeness (QED) is 0.753. The van der Waals surface area contributed by atoms with Gasteiger partial charge in [-0.15, -0.1) is 5.10 Å². The molecule has 2 unspecified atom stereocenters. The second-order valence-corrected chi connectivity index (χ2v) is 4.98. The Kier molecular flexibility index (Phi) is 5.83. The third-order valence-corrected chi connectivity index (χ3v) is 3.53. The molecule has 6 nitrogen and oxygen atoms in total. The number of benzene rings is 1. The van der Waals surface area contributed by atoms with Crippen molar-refractivity contribution < 1.29 is 4.74 Å². The summed E-state index contributed by atoms with van der Waals surface area (Å²) in [5.41, 5.74) is 1.22. The van der Waals surface area contributed by atoms with Crippen molar-refractivity contribution in [2.45, 2.75) is 32.4 Å². The minimum atomic E-state index is 0.0768. The fraction of sp³-hybridized carbons (Fsp3) is 0.533. The van der Waals surface area contributed by atoms with Gasteiger partial charge < -0.3 is 10.1 Å². The molecule has 0 aliphatic heterocycles. The Balaban J connectivity index is 2.18. The summed E-state index contributed by atoms with van der Waals surface area (Å²) in [7, 11) is 1.69. The first-order chi connectivity index (χ1) is 10.3. The molecule has 0 fully saturated rings. The number of nitrogens with one attached hydrogen (secondary N) is 1. The molecule has 114 valence electrons. The smallest absolute Gasteiger partial charge is 0.168 e. The van der Waals surface area contributed by atoms with E-state index in [1.54, 1.807) is 7.11 Å². The van der Waals surface area contributed by atoms with Crippen LogP contribution in [-0.2, 0) is 4.74 Å². The van der Waals surface area contributed by atoms with Gasteiger partial charge in [-0.3, -0.25) is 0 Å². The average molecular weight is 289 g/mol. The van der Waals surface area contributed by atoms with E-state index in [0.29, 0.717) is 6.61 Å². The fourth-order valence-corrected chi connectivity index (χ4v) is 2.40. The van der Waals surface area contributed by atoms with E-state index in [1.165, 1.54) is 5.56 Å². The van der Waals surface area contributed by atoms with E-state index in [4.69, 9.17) is 4.74 Å². The number of tetrazole rings is 1. The topological polar surface area (TPSA) is 64.9 Å². The first-order valence-corrected chi connectivity index (χ1v) is 7.33. The monoisotopic (exact) mass is 289 g/mol. The Morgan fingerprint density at radius 1 is 1.29 bits per heavy atom. The maximum atomic E-state index is 5.06. The molecule has 0 spiro atoms. The second kappa shape index (κ2) is 7.85. The van der Waals surface area contributed by atoms with Crippen molar-refractivity contribution in [2.75, 3.05) is 20.3 Å². The zero-order chi connectivity index (χ0) is 15.1. The lowest BCUT2D eigenvalue weighted by Crippen LogP contribution is -2.27. The number of nitrogens with zero attached hydrogens (tertiary/aromatic N) is 4. The Morgan fingerprint density at radius 3 is 2.71 bits per heavy atom. The van der Waals surface area contributed by atoms with Crippen LogP contribution in [0.25, 0.3) is 0 Å². The van der Waals surface area contributed by atoms with E-state index in [1.807, 2.05) is 22.9 Å². The van der Waals surface area contributed by atoms with Gasteiger partial charge in [0.05, 0.1) is 18.7 Å². The second-order valence-electron chi connectivity index (χ2n) is 4.98. The molecular weight excluding hydrogens is 266 g/mol. The summed E-state index contributed by atoms with van der Waals surface area (Å²) in [6, 6.07) is 10.6. The van der Waals surface area contributed by atoms with Gasteiger partial charge >= 0.3 is 0 Å². The van der Waals surface area contributed by atoms with Gasteiger partial charge in [-0.25, -0.2) is 4.68 Å². The van der Waals surface area contributed by atoms with Crippen molar-refractivity contribution in [3.8, 4) is 0 Å². The molecule has 1 N–H and O–H groups in total. The van der Waals surface area contributed by atoms with E-state index in [0.717, 1.165) is 18.8 Å². The lowest BCUT2D eigenvalue weighted by molar-refractivity contribution is 0.195. The molecule has 2 rings (SSSR count). The van der Waals surface area contributed by atoms with Crippen LogP contribution in [0.3, 0.4) is 0 Å². The molecule has 21 heavy (non-hydrogen) atoms. The molecule has 2 atom stereocenters. The van der Waals surface area contributed by atoms with Gasteiger partial charge in [0, 0.05) is 13.7 Å². The molecule has 0 aliphatic rings. The van der Waals surface area contributed by atoms with Crippen LogP contribution in [0.2, 0.25) is 0 Å². The molecule has 1 heterocycles. The number of methoxy groups -OCH3 is 1. The van der Waals surface area contributed by atoms with Crippen molar-refractivity contribution in [1.29, 1.82) is 0 Å². The fourth-order valence-electron chi connectivity index (χ4n) is 2.40. The van der Waals surface area contributed by atoms with Crippen LogP contribution >= 0.6 is 0 Å². The van der Waals surface area contributed by atoms with Gasteiger partial charge in [-0.05, 0) is 29.3 Å². The number of hydrogen-bond acceptors (Lipinski definition) is 5. The van der Waals surface area contributed by atoms with Crippen LogP contribution in [0.15, 0.2) is 30.3 Å². The molecule has 0 bridgehead atoms. The van der Waals surface area contributed by atoms with Gasteiger partial charge in [0.15, 0.2) is 5.82 Å². The Labute approximate surface area is 125 Å². The van der Waals surface area contributed by atoms with Crippen LogP contribution in [0.5, 0.6) is 0 Å². The number of aromatic nitrogens is 4. The molecule has 1 aromatic carbocycles. The SMILES string of the molecule is CCC(c1ccccc1)n1nnnc1C(C)NCCOC. The highest BCUT2D eigenvalue weighted by atomic mass is 16.5. The number of rotatable bonds is 8. The molecule has 2 aromatic rings. The summed E-state index contributed by atoms with van der Waals surface area (Å²) in [5, 5.41) is 15.6. The summed E-state index contributed by atoms with van der Waals surface area (Å²) in [5.74, 6) is 0.849. The minimum absolute atomic E-state index is 0.0768. The van der Waals surface area contributed by atoms with E-state index in [9.17, 15) is 0 Å². The standard InChI is InChI=1S/C15H23N5O/c1-4-14(13-8-6-5-7-9-13)20-15(17-18-19-20)12(2)16-10-11-21-3/h5-9,12,14,16H,4,10-11H2,1-3H3. The van der Waals surface area contributed by atoms with Crippen LogP contribution in [-0.4, -0.2) is 40.5 Å². The molecule has 0 aliphatic carbocycles. The largest absolute Gasteiger partial charge is 0.383 e. The summed E-state index contributed by atoms with van der Waals surface area (Å²) in [4.78, 5) is 0. The molecule has 0 saturated heterocycles. The van der Waals surface area contributed by atoms with Gasteiger partial charge in [0.2, 0.25) is 0 Å². The average Bonchev–Trinajstić information content (AvgIpc) is 2.99. The summed E-state index contributed by atoms with van der Waals surface area (Å²) < 4.78 is 6.97. The van der Waals surface area contributed by atoms with Gasteiger partial charge in [-0.2, -0.15) is 0 Å². The Morgan fingerprint density at radius 2 is 2.05 bits per heavy atom. The minimum Gasteiger partial charge on any atom is -0.383 e. The van der Waals surface area contributed by atoms with Crippen molar-refractivity contribution in [2.24, 2.45) is 0 Å². The number of ether oxygens (including phenoxy) is 1. The molecular formula is C15H23N5O. The zero-order valence-electron chi connectivity index (χ0n) is 12.9. The lowest BCUT2D eigenvalue weighted by Gasteiger charge is -2.20. The zero-order valence-corrected chi connectivity index (χ0v) is 12.9. The molecule has 1 aromatic heterocycles. The van der Waals surface area contributed by atoms with Gasteiger partial charge in [-0.1, -0.05) is 37.3 Å². The van der Waals surface area contributed by atoms with Crippen LogP contribution < -0.4 is 5.32 Å². The molecule has 0 amide bonds. The molecule has 0 saturated carbocycles. The normalized spacial score (nSPS) is 14.0. The number of hydrogen-bond donors (Lipinski definition) is 1. The van der Waals surface area contributed by atoms with Gasteiger partial charge in [0.25, 0.3) is 0 Å². The highest BCUT2D eigenvalue weighted by Gasteiger charge is 2.21. The first kappa shape index (κ1) is 15.6. The van der Waals surface area contributed by atoms with E-state index >= 15 is 0 Å². The van der Waals surface area contributed by atoms with Crippen molar-refractivity contribution >= 4 is 0 Å². The Bertz CT molecular complexity index is 528. The van der Waals surface area contributed by atoms with E-state index in [-0.39, 0.29) is 12.1 Å². The van der Waals surface area contributed by atoms with E-state index in [2.05, 4.69) is 46.8 Å². The van der Waals surface area contributed by atoms with Crippen molar-refractivity contribution in [3.05, 3.63) is 41.7 Å². The lowest BCUT2D eigenvalue weighted by atomic mass is 10.0. The summed E-state index contributed by atoms with van der Waals surface area (Å²) >= 11 is 0. The first-order valence-electron chi connectivity index (χ1n) is 7.33. The molecule has 6 heteroatoms. The van der Waals surface area contributed by atoms with Crippen molar-refractivity contribution in [3.63, 3.8) is 0 Å². The maximum Gasteiger partial charge on any atom is 0.168 e. The Hall–Kier alpha value is -1.79. The van der Waals surface area contributed by atoms with Crippen LogP contribution in [0.4, 0.5) is 0 Å². The predicted octanol–water partition coefficient (Wildman–Crippen LogP) is 1.97. The van der Waals surface area contributed by atoms with Crippen LogP contribution in [0, 0.1) is 0 Å². The third kappa shape index (κ3) is 3.86.